The Morgan fingerprint density at radius 3 is 2.17 bits per heavy atom. The second kappa shape index (κ2) is 9.00. The Balaban J connectivity index is 2.31. The summed E-state index contributed by atoms with van der Waals surface area (Å²) in [6, 6.07) is 2.88. The maximum Gasteiger partial charge on any atom is 0.335 e. The van der Waals surface area contributed by atoms with Crippen molar-refractivity contribution in [3.05, 3.63) is 28.4 Å². The van der Waals surface area contributed by atoms with Crippen LogP contribution in [0.5, 0.6) is 11.8 Å². The van der Waals surface area contributed by atoms with Gasteiger partial charge in [-0.25, -0.2) is 14.5 Å². The van der Waals surface area contributed by atoms with Crippen LogP contribution in [-0.2, 0) is 10.0 Å². The minimum atomic E-state index is -4.51. The third kappa shape index (κ3) is 5.51. The molecule has 0 aromatic carbocycles. The van der Waals surface area contributed by atoms with Crippen molar-refractivity contribution in [2.75, 3.05) is 33.6 Å². The topological polar surface area (TPSA) is 153 Å². The van der Waals surface area contributed by atoms with Crippen LogP contribution in [0.25, 0.3) is 0 Å². The van der Waals surface area contributed by atoms with Crippen molar-refractivity contribution in [1.29, 1.82) is 0 Å². The van der Waals surface area contributed by atoms with Crippen LogP contribution in [0, 0.1) is 0 Å². The lowest BCUT2D eigenvalue weighted by Crippen LogP contribution is -2.37. The Kier molecular flexibility index (Phi) is 6.92. The smallest absolute Gasteiger partial charge is 0.335 e. The second-order valence-electron chi connectivity index (χ2n) is 5.52. The predicted octanol–water partition coefficient (Wildman–Crippen LogP) is 0.864. The summed E-state index contributed by atoms with van der Waals surface area (Å²) in [6.45, 7) is 0. The van der Waals surface area contributed by atoms with Gasteiger partial charge in [0, 0.05) is 14.1 Å². The van der Waals surface area contributed by atoms with E-state index in [4.69, 9.17) is 9.47 Å². The normalized spacial score (nSPS) is 10.8. The largest absolute Gasteiger partial charge is 0.481 e. The molecule has 0 saturated heterocycles. The number of nitrogens with zero attached hydrogens (tertiary/aromatic N) is 4. The molecule has 0 bridgehead atoms. The highest BCUT2D eigenvalue weighted by atomic mass is 79.9. The average molecular weight is 489 g/mol. The Bertz CT molecular complexity index is 1020. The minimum absolute atomic E-state index is 0.0857. The van der Waals surface area contributed by atoms with Crippen molar-refractivity contribution in [2.24, 2.45) is 0 Å². The van der Waals surface area contributed by atoms with Crippen LogP contribution in [-0.4, -0.2) is 68.5 Å². The number of amides is 3. The molecule has 0 atom stereocenters. The van der Waals surface area contributed by atoms with Gasteiger partial charge in [0.25, 0.3) is 15.9 Å². The highest BCUT2D eigenvalue weighted by Gasteiger charge is 2.28. The minimum Gasteiger partial charge on any atom is -0.481 e. The molecule has 0 spiro atoms. The first-order valence-electron chi connectivity index (χ1n) is 7.76. The van der Waals surface area contributed by atoms with Gasteiger partial charge in [-0.15, -0.1) is 0 Å². The number of halogens is 1. The molecule has 0 aliphatic heterocycles. The lowest BCUT2D eigenvalue weighted by molar-refractivity contribution is 0.0823. The lowest BCUT2D eigenvalue weighted by atomic mass is 10.2. The molecule has 14 heteroatoms. The van der Waals surface area contributed by atoms with Crippen LogP contribution in [0.3, 0.4) is 0 Å². The van der Waals surface area contributed by atoms with Crippen molar-refractivity contribution in [2.45, 2.75) is 5.03 Å². The average Bonchev–Trinajstić information content (AvgIpc) is 2.66. The fourth-order valence-electron chi connectivity index (χ4n) is 1.99. The van der Waals surface area contributed by atoms with E-state index < -0.39 is 27.0 Å². The molecule has 2 heterocycles. The molecule has 0 aliphatic carbocycles. The molecule has 0 radical (unpaired) electrons. The second-order valence-corrected chi connectivity index (χ2v) is 7.93. The molecule has 2 N–H and O–H groups in total. The molecule has 3 amide bonds. The molecule has 2 rings (SSSR count). The van der Waals surface area contributed by atoms with E-state index in [1.165, 1.54) is 51.4 Å². The zero-order valence-corrected chi connectivity index (χ0v) is 18.2. The number of hydrogen-bond donors (Lipinski definition) is 2. The van der Waals surface area contributed by atoms with Gasteiger partial charge in [0.2, 0.25) is 17.7 Å². The number of rotatable bonds is 6. The number of urea groups is 1. The first-order valence-corrected chi connectivity index (χ1v) is 10.0. The van der Waals surface area contributed by atoms with Crippen LogP contribution >= 0.6 is 15.9 Å². The van der Waals surface area contributed by atoms with Gasteiger partial charge >= 0.3 is 6.03 Å². The lowest BCUT2D eigenvalue weighted by Gasteiger charge is -2.14. The number of hydrogen-bond acceptors (Lipinski definition) is 9. The monoisotopic (exact) mass is 488 g/mol. The molecule has 0 aliphatic rings. The predicted molar refractivity (Wildman–Crippen MR) is 104 cm³/mol. The summed E-state index contributed by atoms with van der Waals surface area (Å²) in [7, 11) is 1.09. The van der Waals surface area contributed by atoms with Gasteiger partial charge in [-0.3, -0.25) is 10.1 Å². The number of carbonyl (C=O) groups excluding carboxylic acids is 2. The van der Waals surface area contributed by atoms with E-state index in [1.807, 2.05) is 0 Å². The highest BCUT2D eigenvalue weighted by molar-refractivity contribution is 9.10. The van der Waals surface area contributed by atoms with E-state index in [2.05, 4.69) is 36.2 Å². The molecule has 0 fully saturated rings. The molecule has 2 aromatic heterocycles. The summed E-state index contributed by atoms with van der Waals surface area (Å²) < 4.78 is 37.1. The maximum atomic E-state index is 12.7. The Morgan fingerprint density at radius 1 is 1.07 bits per heavy atom. The molecule has 0 saturated carbocycles. The van der Waals surface area contributed by atoms with Gasteiger partial charge < -0.3 is 14.4 Å². The number of anilines is 1. The molecule has 2 aromatic rings. The molecular formula is C15H17BrN6O6S. The quantitative estimate of drug-likeness (QED) is 0.563. The number of nitrogens with one attached hydrogen (secondary N) is 2. The Hall–Kier alpha value is -3.00. The third-order valence-corrected chi connectivity index (χ3v) is 4.98. The molecule has 156 valence electrons. The van der Waals surface area contributed by atoms with E-state index >= 15 is 0 Å². The van der Waals surface area contributed by atoms with Crippen LogP contribution in [0.1, 0.15) is 10.4 Å². The standard InChI is InChI=1S/C15H17BrN6O6S/c1-22(2)13(23)8-5-6-9(16)17-12(8)29(25,26)21-15(24)20-14-18-10(27-3)7-11(19-14)28-4/h5-7H,1-4H3,(H2,18,19,20,21,24). The summed E-state index contributed by atoms with van der Waals surface area (Å²) in [6.07, 6.45) is 0. The van der Waals surface area contributed by atoms with Crippen molar-refractivity contribution in [3.63, 3.8) is 0 Å². The highest BCUT2D eigenvalue weighted by Crippen LogP contribution is 2.19. The van der Waals surface area contributed by atoms with Crippen molar-refractivity contribution in [3.8, 4) is 11.8 Å². The number of carbonyl (C=O) groups is 2. The zero-order valence-electron chi connectivity index (χ0n) is 15.8. The van der Waals surface area contributed by atoms with E-state index in [0.717, 1.165) is 0 Å². The number of aromatic nitrogens is 3. The van der Waals surface area contributed by atoms with E-state index in [9.17, 15) is 18.0 Å². The van der Waals surface area contributed by atoms with Gasteiger partial charge in [0.15, 0.2) is 5.03 Å². The first-order chi connectivity index (χ1) is 13.6. The van der Waals surface area contributed by atoms with E-state index in [0.29, 0.717) is 0 Å². The van der Waals surface area contributed by atoms with Crippen LogP contribution in [0.15, 0.2) is 27.8 Å². The van der Waals surface area contributed by atoms with Gasteiger partial charge in [0.05, 0.1) is 25.8 Å². The SMILES string of the molecule is COc1cc(OC)nc(NC(=O)NS(=O)(=O)c2nc(Br)ccc2C(=O)N(C)C)n1. The Morgan fingerprint density at radius 2 is 1.66 bits per heavy atom. The number of ether oxygens (including phenoxy) is 2. The van der Waals surface area contributed by atoms with Gasteiger partial charge in [-0.2, -0.15) is 18.4 Å². The fraction of sp³-hybridized carbons (Fsp3) is 0.267. The Labute approximate surface area is 174 Å². The summed E-state index contributed by atoms with van der Waals surface area (Å²) in [5, 5.41) is 1.54. The van der Waals surface area contributed by atoms with Crippen molar-refractivity contribution >= 4 is 43.8 Å². The zero-order chi connectivity index (χ0) is 21.8. The summed E-state index contributed by atoms with van der Waals surface area (Å²) in [4.78, 5) is 37.2. The number of sulfonamides is 1. The van der Waals surface area contributed by atoms with E-state index in [1.54, 1.807) is 4.72 Å². The first kappa shape index (κ1) is 22.3. The fourth-order valence-corrected chi connectivity index (χ4v) is 3.47. The van der Waals surface area contributed by atoms with Gasteiger partial charge in [0.1, 0.15) is 4.60 Å². The molecule has 29 heavy (non-hydrogen) atoms. The van der Waals surface area contributed by atoms with E-state index in [-0.39, 0.29) is 27.9 Å². The van der Waals surface area contributed by atoms with Gasteiger partial charge in [-0.1, -0.05) is 0 Å². The summed E-state index contributed by atoms with van der Waals surface area (Å²) in [5.41, 5.74) is -0.210. The number of pyridine rings is 1. The molecular weight excluding hydrogens is 472 g/mol. The van der Waals surface area contributed by atoms with Crippen LogP contribution < -0.4 is 19.5 Å². The summed E-state index contributed by atoms with van der Waals surface area (Å²) in [5.74, 6) is -0.697. The number of methoxy groups -OCH3 is 2. The van der Waals surface area contributed by atoms with Gasteiger partial charge in [-0.05, 0) is 28.1 Å². The van der Waals surface area contributed by atoms with Crippen LogP contribution in [0.4, 0.5) is 10.7 Å². The summed E-state index contributed by atoms with van der Waals surface area (Å²) >= 11 is 3.05. The third-order valence-electron chi connectivity index (χ3n) is 3.27. The molecule has 12 nitrogen and oxygen atoms in total. The van der Waals surface area contributed by atoms with Crippen molar-refractivity contribution < 1.29 is 27.5 Å². The van der Waals surface area contributed by atoms with Crippen molar-refractivity contribution in [1.82, 2.24) is 24.6 Å². The van der Waals surface area contributed by atoms with Crippen LogP contribution in [0.2, 0.25) is 0 Å². The molecule has 0 unspecified atom stereocenters. The maximum absolute atomic E-state index is 12.7.